The summed E-state index contributed by atoms with van der Waals surface area (Å²) in [6.45, 7) is 3.09. The van der Waals surface area contributed by atoms with Crippen LogP contribution in [0.4, 0.5) is 0 Å². The summed E-state index contributed by atoms with van der Waals surface area (Å²) in [5.74, 6) is -0.566. The summed E-state index contributed by atoms with van der Waals surface area (Å²) in [5.41, 5.74) is 2.66. The van der Waals surface area contributed by atoms with Gasteiger partial charge in [0.1, 0.15) is 5.75 Å². The second kappa shape index (κ2) is 8.20. The summed E-state index contributed by atoms with van der Waals surface area (Å²) in [4.78, 5) is 23.0. The van der Waals surface area contributed by atoms with E-state index in [9.17, 15) is 14.7 Å². The van der Waals surface area contributed by atoms with E-state index in [1.165, 1.54) is 25.3 Å². The van der Waals surface area contributed by atoms with E-state index in [0.29, 0.717) is 5.56 Å². The first-order valence-corrected chi connectivity index (χ1v) is 7.87. The molecule has 0 amide bonds. The van der Waals surface area contributed by atoms with Gasteiger partial charge in [-0.15, -0.1) is 0 Å². The van der Waals surface area contributed by atoms with Crippen molar-refractivity contribution in [3.05, 3.63) is 58.7 Å². The van der Waals surface area contributed by atoms with Crippen LogP contribution in [0.3, 0.4) is 0 Å². The molecule has 2 N–H and O–H groups in total. The maximum atomic E-state index is 12.4. The molecule has 0 spiro atoms. The fourth-order valence-electron chi connectivity index (χ4n) is 2.43. The average molecular weight is 356 g/mol. The van der Waals surface area contributed by atoms with Gasteiger partial charge in [-0.3, -0.25) is 4.79 Å². The first-order valence-electron chi connectivity index (χ1n) is 7.87. The highest BCUT2D eigenvalue weighted by atomic mass is 16.5. The largest absolute Gasteiger partial charge is 0.507 e. The van der Waals surface area contributed by atoms with Crippen molar-refractivity contribution in [1.82, 2.24) is 0 Å². The highest BCUT2D eigenvalue weighted by molar-refractivity contribution is 6.07. The molecule has 0 fully saturated rings. The molecule has 0 aliphatic rings. The summed E-state index contributed by atoms with van der Waals surface area (Å²) < 4.78 is 10.3. The Balaban J connectivity index is 2.20. The molecule has 0 aliphatic heterocycles. The number of aromatic hydroxyl groups is 1. The van der Waals surface area contributed by atoms with Gasteiger partial charge < -0.3 is 19.7 Å². The third-order valence-corrected chi connectivity index (χ3v) is 3.74. The van der Waals surface area contributed by atoms with Crippen LogP contribution in [0.25, 0.3) is 6.08 Å². The minimum absolute atomic E-state index is 0.239. The number of methoxy groups -OCH3 is 1. The summed E-state index contributed by atoms with van der Waals surface area (Å²) in [6, 6.07) is 8.11. The molecule has 0 saturated heterocycles. The molecule has 26 heavy (non-hydrogen) atoms. The number of carboxylic acids is 1. The highest BCUT2D eigenvalue weighted by Crippen LogP contribution is 2.28. The molecule has 2 rings (SSSR count). The van der Waals surface area contributed by atoms with Gasteiger partial charge in [-0.25, -0.2) is 4.79 Å². The lowest BCUT2D eigenvalue weighted by Gasteiger charge is -2.10. The van der Waals surface area contributed by atoms with Crippen LogP contribution in [0.5, 0.6) is 17.2 Å². The van der Waals surface area contributed by atoms with Crippen LogP contribution >= 0.6 is 0 Å². The molecule has 0 radical (unpaired) electrons. The van der Waals surface area contributed by atoms with E-state index >= 15 is 0 Å². The number of allylic oxidation sites excluding steroid dienone is 1. The van der Waals surface area contributed by atoms with Crippen molar-refractivity contribution < 1.29 is 29.3 Å². The fraction of sp³-hybridized carbons (Fsp3) is 0.200. The molecule has 6 heteroatoms. The zero-order chi connectivity index (χ0) is 19.3. The Morgan fingerprint density at radius 3 is 2.31 bits per heavy atom. The van der Waals surface area contributed by atoms with Gasteiger partial charge in [-0.05, 0) is 66.9 Å². The van der Waals surface area contributed by atoms with Crippen LogP contribution < -0.4 is 9.47 Å². The van der Waals surface area contributed by atoms with Crippen LogP contribution in [0.2, 0.25) is 0 Å². The predicted octanol–water partition coefficient (Wildman–Crippen LogP) is 3.38. The molecule has 0 unspecified atom stereocenters. The summed E-state index contributed by atoms with van der Waals surface area (Å²) >= 11 is 0. The van der Waals surface area contributed by atoms with Crippen molar-refractivity contribution >= 4 is 17.8 Å². The van der Waals surface area contributed by atoms with E-state index in [0.717, 1.165) is 16.7 Å². The average Bonchev–Trinajstić information content (AvgIpc) is 2.61. The zero-order valence-electron chi connectivity index (χ0n) is 14.8. The Morgan fingerprint density at radius 1 is 1.08 bits per heavy atom. The standard InChI is InChI=1S/C20H20O6/c1-12-8-14(9-13(2)20(12)24)4-6-16(21)15-5-7-17(18(10-15)25-3)26-11-19(22)23/h4-10,24H,11H2,1-3H3,(H,22,23)/b6-4+. The van der Waals surface area contributed by atoms with Crippen LogP contribution in [0, 0.1) is 13.8 Å². The van der Waals surface area contributed by atoms with Crippen molar-refractivity contribution in [2.45, 2.75) is 13.8 Å². The molecule has 6 nitrogen and oxygen atoms in total. The van der Waals surface area contributed by atoms with Gasteiger partial charge in [0.15, 0.2) is 23.9 Å². The first kappa shape index (κ1) is 19.1. The first-order chi connectivity index (χ1) is 12.3. The van der Waals surface area contributed by atoms with Crippen LogP contribution in [-0.2, 0) is 4.79 Å². The highest BCUT2D eigenvalue weighted by Gasteiger charge is 2.11. The van der Waals surface area contributed by atoms with Crippen molar-refractivity contribution in [3.63, 3.8) is 0 Å². The Hall–Kier alpha value is -3.28. The van der Waals surface area contributed by atoms with Gasteiger partial charge in [0, 0.05) is 5.56 Å². The van der Waals surface area contributed by atoms with Crippen molar-refractivity contribution in [2.24, 2.45) is 0 Å². The van der Waals surface area contributed by atoms with E-state index in [2.05, 4.69) is 0 Å². The zero-order valence-corrected chi connectivity index (χ0v) is 14.8. The summed E-state index contributed by atoms with van der Waals surface area (Å²) in [5, 5.41) is 18.5. The number of carboxylic acid groups (broad SMARTS) is 1. The van der Waals surface area contributed by atoms with E-state index in [1.807, 2.05) is 0 Å². The van der Waals surface area contributed by atoms with Crippen LogP contribution in [0.15, 0.2) is 36.4 Å². The van der Waals surface area contributed by atoms with E-state index in [-0.39, 0.29) is 23.0 Å². The monoisotopic (exact) mass is 356 g/mol. The molecule has 2 aromatic carbocycles. The van der Waals surface area contributed by atoms with Gasteiger partial charge >= 0.3 is 5.97 Å². The second-order valence-corrected chi connectivity index (χ2v) is 5.75. The summed E-state index contributed by atoms with van der Waals surface area (Å²) in [7, 11) is 1.41. The second-order valence-electron chi connectivity index (χ2n) is 5.75. The number of phenols is 1. The third-order valence-electron chi connectivity index (χ3n) is 3.74. The Morgan fingerprint density at radius 2 is 1.73 bits per heavy atom. The van der Waals surface area contributed by atoms with Crippen molar-refractivity contribution in [2.75, 3.05) is 13.7 Å². The number of ether oxygens (including phenoxy) is 2. The molecule has 0 saturated carbocycles. The lowest BCUT2D eigenvalue weighted by atomic mass is 10.0. The molecular formula is C20H20O6. The number of hydrogen-bond donors (Lipinski definition) is 2. The number of ketones is 1. The SMILES string of the molecule is COc1cc(C(=O)/C=C/c2cc(C)c(O)c(C)c2)ccc1OCC(=O)O. The summed E-state index contributed by atoms with van der Waals surface area (Å²) in [6.07, 6.45) is 3.10. The minimum atomic E-state index is -1.10. The lowest BCUT2D eigenvalue weighted by molar-refractivity contribution is -0.139. The topological polar surface area (TPSA) is 93.1 Å². The molecule has 0 atom stereocenters. The number of benzene rings is 2. The number of carbonyl (C=O) groups is 2. The molecule has 0 aromatic heterocycles. The van der Waals surface area contributed by atoms with E-state index in [4.69, 9.17) is 14.6 Å². The number of aryl methyl sites for hydroxylation is 2. The third kappa shape index (κ3) is 4.63. The lowest BCUT2D eigenvalue weighted by Crippen LogP contribution is -2.10. The molecule has 2 aromatic rings. The van der Waals surface area contributed by atoms with E-state index < -0.39 is 12.6 Å². The number of phenolic OH excluding ortho intramolecular Hbond substituents is 1. The Bertz CT molecular complexity index is 844. The Labute approximate surface area is 151 Å². The number of carbonyl (C=O) groups excluding carboxylic acids is 1. The van der Waals surface area contributed by atoms with E-state index in [1.54, 1.807) is 38.1 Å². The molecular weight excluding hydrogens is 336 g/mol. The normalized spacial score (nSPS) is 10.7. The van der Waals surface area contributed by atoms with Gasteiger partial charge in [0.05, 0.1) is 7.11 Å². The number of aliphatic carboxylic acids is 1. The maximum absolute atomic E-state index is 12.4. The molecule has 0 bridgehead atoms. The minimum Gasteiger partial charge on any atom is -0.507 e. The van der Waals surface area contributed by atoms with Crippen molar-refractivity contribution in [3.8, 4) is 17.2 Å². The van der Waals surface area contributed by atoms with Gasteiger partial charge in [-0.1, -0.05) is 6.08 Å². The quantitative estimate of drug-likeness (QED) is 0.584. The number of hydrogen-bond acceptors (Lipinski definition) is 5. The van der Waals surface area contributed by atoms with Crippen LogP contribution in [-0.4, -0.2) is 35.7 Å². The van der Waals surface area contributed by atoms with Gasteiger partial charge in [0.25, 0.3) is 0 Å². The van der Waals surface area contributed by atoms with Crippen molar-refractivity contribution in [1.29, 1.82) is 0 Å². The number of rotatable bonds is 7. The van der Waals surface area contributed by atoms with Gasteiger partial charge in [0.2, 0.25) is 0 Å². The fourth-order valence-corrected chi connectivity index (χ4v) is 2.43. The smallest absolute Gasteiger partial charge is 0.341 e. The Kier molecular flexibility index (Phi) is 6.01. The van der Waals surface area contributed by atoms with Crippen LogP contribution in [0.1, 0.15) is 27.0 Å². The molecule has 0 aliphatic carbocycles. The molecule has 0 heterocycles. The predicted molar refractivity (Wildman–Crippen MR) is 97.1 cm³/mol. The maximum Gasteiger partial charge on any atom is 0.341 e. The molecule has 136 valence electrons. The van der Waals surface area contributed by atoms with Gasteiger partial charge in [-0.2, -0.15) is 0 Å².